The minimum absolute atomic E-state index is 0.00345. The summed E-state index contributed by atoms with van der Waals surface area (Å²) in [6.45, 7) is 1.99. The molecule has 0 atom stereocenters. The number of sulfonamides is 1. The van der Waals surface area contributed by atoms with E-state index in [1.165, 1.54) is 12.3 Å². The second-order valence-corrected chi connectivity index (χ2v) is 7.46. The van der Waals surface area contributed by atoms with Crippen molar-refractivity contribution in [1.82, 2.24) is 9.71 Å². The van der Waals surface area contributed by atoms with Crippen molar-refractivity contribution in [2.75, 3.05) is 0 Å². The van der Waals surface area contributed by atoms with Crippen molar-refractivity contribution in [2.45, 2.75) is 43.0 Å². The van der Waals surface area contributed by atoms with Crippen molar-refractivity contribution in [1.29, 1.82) is 0 Å². The van der Waals surface area contributed by atoms with E-state index < -0.39 is 10.0 Å². The monoisotopic (exact) mass is 352 g/mol. The lowest BCUT2D eigenvalue weighted by atomic mass is 9.76. The summed E-state index contributed by atoms with van der Waals surface area (Å²) in [5, 5.41) is -0.00345. The van der Waals surface area contributed by atoms with Crippen LogP contribution in [-0.2, 0) is 10.0 Å². The van der Waals surface area contributed by atoms with Gasteiger partial charge in [0.05, 0.1) is 0 Å². The van der Waals surface area contributed by atoms with Crippen LogP contribution < -0.4 is 4.72 Å². The van der Waals surface area contributed by atoms with Crippen molar-refractivity contribution >= 4 is 37.6 Å². The van der Waals surface area contributed by atoms with Gasteiger partial charge in [-0.15, -0.1) is 0 Å². The first-order valence-electron chi connectivity index (χ1n) is 5.74. The van der Waals surface area contributed by atoms with E-state index in [9.17, 15) is 8.42 Å². The summed E-state index contributed by atoms with van der Waals surface area (Å²) in [7, 11) is -3.62. The van der Waals surface area contributed by atoms with E-state index in [0.29, 0.717) is 4.47 Å². The van der Waals surface area contributed by atoms with Gasteiger partial charge in [-0.1, -0.05) is 18.5 Å². The van der Waals surface area contributed by atoms with Gasteiger partial charge in [-0.2, -0.15) is 0 Å². The van der Waals surface area contributed by atoms with Gasteiger partial charge in [-0.25, -0.2) is 18.1 Å². The number of hydrogen-bond acceptors (Lipinski definition) is 3. The second-order valence-electron chi connectivity index (χ2n) is 4.54. The zero-order valence-electron chi connectivity index (χ0n) is 9.91. The number of hydrogen-bond donors (Lipinski definition) is 1. The Morgan fingerprint density at radius 1 is 1.56 bits per heavy atom. The van der Waals surface area contributed by atoms with Gasteiger partial charge >= 0.3 is 0 Å². The van der Waals surface area contributed by atoms with Crippen LogP contribution in [0.25, 0.3) is 0 Å². The van der Waals surface area contributed by atoms with E-state index in [1.807, 2.05) is 6.92 Å². The van der Waals surface area contributed by atoms with Crippen LogP contribution in [0.3, 0.4) is 0 Å². The molecule has 1 saturated carbocycles. The molecule has 0 spiro atoms. The van der Waals surface area contributed by atoms with Crippen LogP contribution in [-0.4, -0.2) is 18.9 Å². The Hall–Kier alpha value is -0.170. The van der Waals surface area contributed by atoms with E-state index in [2.05, 4.69) is 25.6 Å². The summed E-state index contributed by atoms with van der Waals surface area (Å²) >= 11 is 9.07. The fourth-order valence-electron chi connectivity index (χ4n) is 2.06. The number of nitrogens with zero attached hydrogens (tertiary/aromatic N) is 1. The maximum atomic E-state index is 12.3. The molecule has 0 saturated heterocycles. The van der Waals surface area contributed by atoms with Gasteiger partial charge in [0.15, 0.2) is 0 Å². The van der Waals surface area contributed by atoms with Crippen LogP contribution in [0.1, 0.15) is 32.6 Å². The molecule has 7 heteroatoms. The highest BCUT2D eigenvalue weighted by Crippen LogP contribution is 2.36. The highest BCUT2D eigenvalue weighted by atomic mass is 79.9. The predicted octanol–water partition coefficient (Wildman–Crippen LogP) is 3.11. The smallest absolute Gasteiger partial charge is 0.242 e. The fraction of sp³-hybridized carbons (Fsp3) is 0.545. The average molecular weight is 354 g/mol. The summed E-state index contributed by atoms with van der Waals surface area (Å²) in [6.07, 6.45) is 5.07. The summed E-state index contributed by atoms with van der Waals surface area (Å²) in [5.74, 6) is 0. The lowest BCUT2D eigenvalue weighted by Crippen LogP contribution is -2.52. The quantitative estimate of drug-likeness (QED) is 0.846. The molecule has 0 radical (unpaired) electrons. The van der Waals surface area contributed by atoms with Gasteiger partial charge in [0.25, 0.3) is 0 Å². The predicted molar refractivity (Wildman–Crippen MR) is 74.1 cm³/mol. The van der Waals surface area contributed by atoms with Gasteiger partial charge in [0.2, 0.25) is 10.0 Å². The highest BCUT2D eigenvalue weighted by Gasteiger charge is 2.39. The molecule has 1 aliphatic carbocycles. The third-order valence-corrected chi connectivity index (χ3v) is 5.84. The molecule has 0 unspecified atom stereocenters. The Kier molecular flexibility index (Phi) is 4.02. The van der Waals surface area contributed by atoms with Crippen LogP contribution >= 0.6 is 27.5 Å². The van der Waals surface area contributed by atoms with E-state index in [1.54, 1.807) is 0 Å². The molecular weight excluding hydrogens is 340 g/mol. The van der Waals surface area contributed by atoms with Crippen LogP contribution in [0, 0.1) is 0 Å². The SMILES string of the molecule is CCC1(NS(=O)(=O)c2cc(Br)cnc2Cl)CCC1. The second kappa shape index (κ2) is 5.07. The van der Waals surface area contributed by atoms with Gasteiger partial charge in [-0.3, -0.25) is 0 Å². The topological polar surface area (TPSA) is 59.1 Å². The average Bonchev–Trinajstić information content (AvgIpc) is 2.27. The number of aromatic nitrogens is 1. The lowest BCUT2D eigenvalue weighted by molar-refractivity contribution is 0.214. The molecule has 0 amide bonds. The fourth-order valence-corrected chi connectivity index (χ4v) is 4.54. The largest absolute Gasteiger partial charge is 0.244 e. The normalized spacial score (nSPS) is 18.4. The Morgan fingerprint density at radius 3 is 2.72 bits per heavy atom. The summed E-state index contributed by atoms with van der Waals surface area (Å²) < 4.78 is 28.0. The van der Waals surface area contributed by atoms with Gasteiger partial charge < -0.3 is 0 Å². The number of halogens is 2. The minimum Gasteiger partial charge on any atom is -0.242 e. The number of nitrogens with one attached hydrogen (secondary N) is 1. The molecule has 2 rings (SSSR count). The first-order chi connectivity index (χ1) is 8.38. The number of rotatable bonds is 4. The highest BCUT2D eigenvalue weighted by molar-refractivity contribution is 9.10. The lowest BCUT2D eigenvalue weighted by Gasteiger charge is -2.41. The Balaban J connectivity index is 2.33. The van der Waals surface area contributed by atoms with Crippen molar-refractivity contribution in [3.05, 3.63) is 21.9 Å². The van der Waals surface area contributed by atoms with E-state index in [-0.39, 0.29) is 15.6 Å². The van der Waals surface area contributed by atoms with Crippen molar-refractivity contribution in [3.63, 3.8) is 0 Å². The maximum Gasteiger partial charge on any atom is 0.244 e. The Morgan fingerprint density at radius 2 is 2.22 bits per heavy atom. The molecule has 0 bridgehead atoms. The van der Waals surface area contributed by atoms with Crippen molar-refractivity contribution in [3.8, 4) is 0 Å². The molecule has 0 aliphatic heterocycles. The van der Waals surface area contributed by atoms with Crippen molar-refractivity contribution in [2.24, 2.45) is 0 Å². The van der Waals surface area contributed by atoms with Crippen LogP contribution in [0.2, 0.25) is 5.15 Å². The Bertz CT molecular complexity index is 553. The van der Waals surface area contributed by atoms with Gasteiger partial charge in [0, 0.05) is 16.2 Å². The third kappa shape index (κ3) is 2.71. The molecule has 1 fully saturated rings. The molecule has 4 nitrogen and oxygen atoms in total. The molecule has 1 aliphatic rings. The third-order valence-electron chi connectivity index (χ3n) is 3.40. The standard InChI is InChI=1S/C11H14BrClN2O2S/c1-2-11(4-3-5-11)15-18(16,17)9-6-8(12)7-14-10(9)13/h6-7,15H,2-5H2,1H3. The molecule has 18 heavy (non-hydrogen) atoms. The maximum absolute atomic E-state index is 12.3. The van der Waals surface area contributed by atoms with Crippen LogP contribution in [0.4, 0.5) is 0 Å². The summed E-state index contributed by atoms with van der Waals surface area (Å²) in [5.41, 5.74) is -0.301. The van der Waals surface area contributed by atoms with E-state index in [0.717, 1.165) is 25.7 Å². The van der Waals surface area contributed by atoms with Gasteiger partial charge in [-0.05, 0) is 47.7 Å². The first-order valence-corrected chi connectivity index (χ1v) is 8.39. The first kappa shape index (κ1) is 14.2. The zero-order valence-corrected chi connectivity index (χ0v) is 13.1. The molecule has 1 heterocycles. The zero-order chi connectivity index (χ0) is 13.4. The number of pyridine rings is 1. The molecular formula is C11H14BrClN2O2S. The van der Waals surface area contributed by atoms with Crippen LogP contribution in [0.15, 0.2) is 21.6 Å². The summed E-state index contributed by atoms with van der Waals surface area (Å²) in [6, 6.07) is 1.47. The Labute approximate surface area is 120 Å². The van der Waals surface area contributed by atoms with Gasteiger partial charge in [0.1, 0.15) is 10.0 Å². The molecule has 1 N–H and O–H groups in total. The summed E-state index contributed by atoms with van der Waals surface area (Å²) in [4.78, 5) is 3.87. The van der Waals surface area contributed by atoms with E-state index >= 15 is 0 Å². The van der Waals surface area contributed by atoms with E-state index in [4.69, 9.17) is 11.6 Å². The molecule has 1 aromatic rings. The molecule has 1 aromatic heterocycles. The minimum atomic E-state index is -3.62. The molecule has 100 valence electrons. The van der Waals surface area contributed by atoms with Crippen LogP contribution in [0.5, 0.6) is 0 Å². The van der Waals surface area contributed by atoms with Crippen molar-refractivity contribution < 1.29 is 8.42 Å². The molecule has 0 aromatic carbocycles.